The summed E-state index contributed by atoms with van der Waals surface area (Å²) in [6, 6.07) is 0. The highest BCUT2D eigenvalue weighted by atomic mass is 32.1. The van der Waals surface area contributed by atoms with Crippen LogP contribution in [0.2, 0.25) is 0 Å². The number of hydrogen-bond donors (Lipinski definition) is 1. The second-order valence-corrected chi connectivity index (χ2v) is 8.12. The maximum atomic E-state index is 12.3. The molecule has 0 unspecified atom stereocenters. The van der Waals surface area contributed by atoms with E-state index in [4.69, 9.17) is 14.2 Å². The van der Waals surface area contributed by atoms with Crippen molar-refractivity contribution in [1.29, 1.82) is 0 Å². The van der Waals surface area contributed by atoms with E-state index in [1.165, 1.54) is 12.8 Å². The summed E-state index contributed by atoms with van der Waals surface area (Å²) >= 11 is 0.930. The summed E-state index contributed by atoms with van der Waals surface area (Å²) in [4.78, 5) is 48.9. The molecule has 1 aliphatic rings. The van der Waals surface area contributed by atoms with Gasteiger partial charge in [-0.05, 0) is 38.7 Å². The number of thiophene rings is 1. The zero-order valence-corrected chi connectivity index (χ0v) is 18.5. The zero-order valence-electron chi connectivity index (χ0n) is 17.7. The minimum atomic E-state index is -0.648. The van der Waals surface area contributed by atoms with Crippen LogP contribution in [-0.2, 0) is 23.8 Å². The minimum absolute atomic E-state index is 0.103. The van der Waals surface area contributed by atoms with Gasteiger partial charge in [-0.2, -0.15) is 0 Å². The van der Waals surface area contributed by atoms with Crippen molar-refractivity contribution in [3.8, 4) is 0 Å². The average molecular weight is 440 g/mol. The van der Waals surface area contributed by atoms with Crippen molar-refractivity contribution in [2.45, 2.75) is 59.3 Å². The first kappa shape index (κ1) is 23.9. The Labute approximate surface area is 180 Å². The summed E-state index contributed by atoms with van der Waals surface area (Å²) in [5, 5.41) is 2.72. The van der Waals surface area contributed by atoms with E-state index in [-0.39, 0.29) is 35.1 Å². The first-order valence-corrected chi connectivity index (χ1v) is 11.1. The van der Waals surface area contributed by atoms with Gasteiger partial charge in [0.1, 0.15) is 9.88 Å². The van der Waals surface area contributed by atoms with Crippen LogP contribution in [0.15, 0.2) is 0 Å². The standard InChI is InChI=1S/C21H29NO7S/c1-4-27-20(25)17-13(3)18(21(26)28-5-2)30-19(17)22-15(23)12-29-16(24)11-10-14-8-6-7-9-14/h14H,4-12H2,1-3H3,(H,22,23). The van der Waals surface area contributed by atoms with Gasteiger partial charge in [0.05, 0.1) is 18.8 Å². The molecule has 8 nitrogen and oxygen atoms in total. The molecule has 1 N–H and O–H groups in total. The van der Waals surface area contributed by atoms with Gasteiger partial charge in [-0.3, -0.25) is 9.59 Å². The van der Waals surface area contributed by atoms with Crippen molar-refractivity contribution in [2.24, 2.45) is 5.92 Å². The number of carbonyl (C=O) groups is 4. The Kier molecular flexibility index (Phi) is 9.29. The smallest absolute Gasteiger partial charge is 0.348 e. The van der Waals surface area contributed by atoms with Gasteiger partial charge in [-0.25, -0.2) is 9.59 Å². The molecular formula is C21H29NO7S. The van der Waals surface area contributed by atoms with Crippen molar-refractivity contribution in [3.05, 3.63) is 16.0 Å². The highest BCUT2D eigenvalue weighted by molar-refractivity contribution is 7.18. The molecule has 2 rings (SSSR count). The lowest BCUT2D eigenvalue weighted by Gasteiger charge is -2.09. The number of nitrogens with one attached hydrogen (secondary N) is 1. The third-order valence-corrected chi connectivity index (χ3v) is 6.12. The van der Waals surface area contributed by atoms with Gasteiger partial charge in [-0.1, -0.05) is 25.7 Å². The quantitative estimate of drug-likeness (QED) is 0.435. The maximum absolute atomic E-state index is 12.3. The fourth-order valence-corrected chi connectivity index (χ4v) is 4.55. The topological polar surface area (TPSA) is 108 Å². The SMILES string of the molecule is CCOC(=O)c1sc(NC(=O)COC(=O)CCC2CCCC2)c(C(=O)OCC)c1C. The predicted molar refractivity (Wildman–Crippen MR) is 112 cm³/mol. The zero-order chi connectivity index (χ0) is 22.1. The van der Waals surface area contributed by atoms with E-state index in [0.717, 1.165) is 30.6 Å². The van der Waals surface area contributed by atoms with Crippen LogP contribution in [0.1, 0.15) is 78.0 Å². The molecule has 1 fully saturated rings. The van der Waals surface area contributed by atoms with Crippen molar-refractivity contribution < 1.29 is 33.4 Å². The average Bonchev–Trinajstić information content (AvgIpc) is 3.33. The summed E-state index contributed by atoms with van der Waals surface area (Å²) in [6.45, 7) is 4.80. The van der Waals surface area contributed by atoms with E-state index in [1.54, 1.807) is 20.8 Å². The van der Waals surface area contributed by atoms with Crippen LogP contribution in [0.4, 0.5) is 5.00 Å². The Hall–Kier alpha value is -2.42. The van der Waals surface area contributed by atoms with Gasteiger partial charge in [-0.15, -0.1) is 11.3 Å². The Morgan fingerprint density at radius 3 is 2.27 bits per heavy atom. The first-order valence-electron chi connectivity index (χ1n) is 10.3. The molecule has 1 aromatic heterocycles. The summed E-state index contributed by atoms with van der Waals surface area (Å²) in [7, 11) is 0. The van der Waals surface area contributed by atoms with E-state index in [9.17, 15) is 19.2 Å². The molecule has 0 aliphatic heterocycles. The van der Waals surface area contributed by atoms with Gasteiger partial charge in [0.2, 0.25) is 0 Å². The van der Waals surface area contributed by atoms with Crippen molar-refractivity contribution >= 4 is 40.2 Å². The number of esters is 3. The van der Waals surface area contributed by atoms with Crippen LogP contribution in [-0.4, -0.2) is 43.6 Å². The van der Waals surface area contributed by atoms with Crippen molar-refractivity contribution in [1.82, 2.24) is 0 Å². The third-order valence-electron chi connectivity index (χ3n) is 4.94. The summed E-state index contributed by atoms with van der Waals surface area (Å²) in [6.07, 6.45) is 5.77. The third kappa shape index (κ3) is 6.55. The number of ether oxygens (including phenoxy) is 3. The van der Waals surface area contributed by atoms with E-state index >= 15 is 0 Å². The molecule has 0 radical (unpaired) electrons. The lowest BCUT2D eigenvalue weighted by molar-refractivity contribution is -0.147. The highest BCUT2D eigenvalue weighted by Crippen LogP contribution is 2.34. The van der Waals surface area contributed by atoms with Gasteiger partial charge >= 0.3 is 17.9 Å². The molecule has 0 atom stereocenters. The van der Waals surface area contributed by atoms with Crippen LogP contribution in [0.5, 0.6) is 0 Å². The second-order valence-electron chi connectivity index (χ2n) is 7.10. The first-order chi connectivity index (χ1) is 14.4. The maximum Gasteiger partial charge on any atom is 0.348 e. The lowest BCUT2D eigenvalue weighted by Crippen LogP contribution is -2.22. The Morgan fingerprint density at radius 2 is 1.63 bits per heavy atom. The van der Waals surface area contributed by atoms with Crippen LogP contribution in [0.25, 0.3) is 0 Å². The molecule has 0 saturated heterocycles. The molecule has 1 amide bonds. The summed E-state index contributed by atoms with van der Waals surface area (Å²) < 4.78 is 15.1. The number of carbonyl (C=O) groups excluding carboxylic acids is 4. The van der Waals surface area contributed by atoms with Crippen LogP contribution in [0.3, 0.4) is 0 Å². The summed E-state index contributed by atoms with van der Waals surface area (Å²) in [5.41, 5.74) is 0.478. The largest absolute Gasteiger partial charge is 0.462 e. The monoisotopic (exact) mass is 439 g/mol. The van der Waals surface area contributed by atoms with E-state index in [2.05, 4.69) is 5.32 Å². The lowest BCUT2D eigenvalue weighted by atomic mass is 10.0. The van der Waals surface area contributed by atoms with Crippen LogP contribution >= 0.6 is 11.3 Å². The summed E-state index contributed by atoms with van der Waals surface area (Å²) in [5.74, 6) is -1.67. The molecule has 1 saturated carbocycles. The Morgan fingerprint density at radius 1 is 1.00 bits per heavy atom. The Bertz CT molecular complexity index is 781. The van der Waals surface area contributed by atoms with E-state index < -0.39 is 30.4 Å². The van der Waals surface area contributed by atoms with Crippen LogP contribution in [0, 0.1) is 12.8 Å². The molecular weight excluding hydrogens is 410 g/mol. The van der Waals surface area contributed by atoms with Gasteiger partial charge in [0.25, 0.3) is 5.91 Å². The predicted octanol–water partition coefficient (Wildman–Crippen LogP) is 3.86. The number of anilines is 1. The van der Waals surface area contributed by atoms with E-state index in [1.807, 2.05) is 0 Å². The molecule has 1 aliphatic carbocycles. The molecule has 166 valence electrons. The molecule has 1 heterocycles. The van der Waals surface area contributed by atoms with Gasteiger partial charge in [0.15, 0.2) is 6.61 Å². The number of rotatable bonds is 10. The van der Waals surface area contributed by atoms with Gasteiger partial charge in [0, 0.05) is 6.42 Å². The Balaban J connectivity index is 1.99. The second kappa shape index (κ2) is 11.7. The molecule has 0 spiro atoms. The molecule has 9 heteroatoms. The fourth-order valence-electron chi connectivity index (χ4n) is 3.44. The fraction of sp³-hybridized carbons (Fsp3) is 0.619. The molecule has 0 bridgehead atoms. The highest BCUT2D eigenvalue weighted by Gasteiger charge is 2.27. The van der Waals surface area contributed by atoms with E-state index in [0.29, 0.717) is 11.5 Å². The molecule has 1 aromatic rings. The minimum Gasteiger partial charge on any atom is -0.462 e. The van der Waals surface area contributed by atoms with Crippen LogP contribution < -0.4 is 5.32 Å². The number of hydrogen-bond acceptors (Lipinski definition) is 8. The molecule has 30 heavy (non-hydrogen) atoms. The normalized spacial score (nSPS) is 13.7. The van der Waals surface area contributed by atoms with Gasteiger partial charge < -0.3 is 19.5 Å². The number of amides is 1. The van der Waals surface area contributed by atoms with Crippen molar-refractivity contribution in [2.75, 3.05) is 25.1 Å². The molecule has 0 aromatic carbocycles. The van der Waals surface area contributed by atoms with Crippen molar-refractivity contribution in [3.63, 3.8) is 0 Å².